The Kier molecular flexibility index (Phi) is 13.4. The molecule has 0 heterocycles. The van der Waals surface area contributed by atoms with Gasteiger partial charge in [-0.05, 0) is 18.3 Å². The maximum absolute atomic E-state index is 8.98. The maximum Gasteiger partial charge on any atom is 0.0456 e. The maximum atomic E-state index is 8.98. The van der Waals surface area contributed by atoms with Gasteiger partial charge in [-0.3, -0.25) is 0 Å². The van der Waals surface area contributed by atoms with Gasteiger partial charge in [-0.15, -0.1) is 0 Å². The Bertz CT molecular complexity index is 156. The van der Waals surface area contributed by atoms with E-state index in [1.165, 1.54) is 70.6 Å². The van der Waals surface area contributed by atoms with Gasteiger partial charge in [-0.2, -0.15) is 0 Å². The molecular formula is C17H36O. The Morgan fingerprint density at radius 3 is 1.72 bits per heavy atom. The first-order valence-electron chi connectivity index (χ1n) is 8.31. The molecule has 0 rings (SSSR count). The molecule has 0 aliphatic carbocycles. The van der Waals surface area contributed by atoms with Crippen LogP contribution in [0.25, 0.3) is 0 Å². The second kappa shape index (κ2) is 13.4. The minimum Gasteiger partial charge on any atom is -0.396 e. The van der Waals surface area contributed by atoms with Crippen molar-refractivity contribution in [2.24, 2.45) is 11.8 Å². The van der Waals surface area contributed by atoms with Crippen molar-refractivity contribution in [3.8, 4) is 0 Å². The monoisotopic (exact) mass is 256 g/mol. The zero-order chi connectivity index (χ0) is 13.6. The second-order valence-electron chi connectivity index (χ2n) is 6.23. The summed E-state index contributed by atoms with van der Waals surface area (Å²) in [6, 6.07) is 0. The van der Waals surface area contributed by atoms with E-state index in [2.05, 4.69) is 20.8 Å². The average Bonchev–Trinajstić information content (AvgIpc) is 2.39. The minimum atomic E-state index is 0.352. The van der Waals surface area contributed by atoms with Crippen LogP contribution >= 0.6 is 0 Å². The van der Waals surface area contributed by atoms with E-state index in [1.54, 1.807) is 0 Å². The Labute approximate surface area is 115 Å². The summed E-state index contributed by atoms with van der Waals surface area (Å²) in [4.78, 5) is 0. The van der Waals surface area contributed by atoms with Crippen molar-refractivity contribution in [2.75, 3.05) is 6.61 Å². The number of hydrogen-bond acceptors (Lipinski definition) is 1. The average molecular weight is 256 g/mol. The molecule has 0 saturated carbocycles. The first-order valence-corrected chi connectivity index (χ1v) is 8.31. The van der Waals surface area contributed by atoms with Gasteiger partial charge in [0.2, 0.25) is 0 Å². The fourth-order valence-electron chi connectivity index (χ4n) is 2.43. The lowest BCUT2D eigenvalue weighted by Crippen LogP contribution is -2.04. The van der Waals surface area contributed by atoms with Gasteiger partial charge in [0.25, 0.3) is 0 Å². The van der Waals surface area contributed by atoms with Gasteiger partial charge in [-0.25, -0.2) is 0 Å². The Balaban J connectivity index is 3.17. The third kappa shape index (κ3) is 12.4. The molecule has 0 aromatic rings. The number of hydrogen-bond donors (Lipinski definition) is 1. The van der Waals surface area contributed by atoms with Crippen LogP contribution in [0.1, 0.15) is 91.4 Å². The molecule has 2 unspecified atom stereocenters. The van der Waals surface area contributed by atoms with Crippen LogP contribution in [0.5, 0.6) is 0 Å². The predicted molar refractivity (Wildman–Crippen MR) is 81.9 cm³/mol. The van der Waals surface area contributed by atoms with E-state index >= 15 is 0 Å². The number of unbranched alkanes of at least 4 members (excludes halogenated alkanes) is 7. The SMILES string of the molecule is CCCCCCCCCCC(C)CCC(C)CO. The highest BCUT2D eigenvalue weighted by Crippen LogP contribution is 2.18. The normalized spacial score (nSPS) is 14.7. The molecule has 0 fully saturated rings. The van der Waals surface area contributed by atoms with Crippen molar-refractivity contribution in [3.05, 3.63) is 0 Å². The van der Waals surface area contributed by atoms with Crippen molar-refractivity contribution >= 4 is 0 Å². The molecule has 0 aromatic carbocycles. The standard InChI is InChI=1S/C17H36O/c1-4-5-6-7-8-9-10-11-12-16(2)13-14-17(3)15-18/h16-18H,4-15H2,1-3H3. The van der Waals surface area contributed by atoms with Gasteiger partial charge in [0.1, 0.15) is 0 Å². The van der Waals surface area contributed by atoms with Crippen LogP contribution in [0.3, 0.4) is 0 Å². The summed E-state index contributed by atoms with van der Waals surface area (Å²) in [7, 11) is 0. The van der Waals surface area contributed by atoms with Crippen LogP contribution in [0, 0.1) is 11.8 Å². The van der Waals surface area contributed by atoms with Crippen molar-refractivity contribution in [3.63, 3.8) is 0 Å². The lowest BCUT2D eigenvalue weighted by atomic mass is 9.94. The lowest BCUT2D eigenvalue weighted by Gasteiger charge is -2.13. The van der Waals surface area contributed by atoms with E-state index in [0.717, 1.165) is 5.92 Å². The molecule has 0 radical (unpaired) electrons. The summed E-state index contributed by atoms with van der Waals surface area (Å²) < 4.78 is 0. The van der Waals surface area contributed by atoms with Gasteiger partial charge in [-0.1, -0.05) is 85.0 Å². The molecular weight excluding hydrogens is 220 g/mol. The summed E-state index contributed by atoms with van der Waals surface area (Å²) in [5, 5.41) is 8.98. The highest BCUT2D eigenvalue weighted by atomic mass is 16.3. The van der Waals surface area contributed by atoms with Gasteiger partial charge in [0, 0.05) is 6.61 Å². The molecule has 0 bridgehead atoms. The number of aliphatic hydroxyl groups is 1. The van der Waals surface area contributed by atoms with Crippen molar-refractivity contribution in [1.82, 2.24) is 0 Å². The smallest absolute Gasteiger partial charge is 0.0456 e. The van der Waals surface area contributed by atoms with Crippen LogP contribution in [-0.4, -0.2) is 11.7 Å². The van der Waals surface area contributed by atoms with Gasteiger partial charge < -0.3 is 5.11 Å². The minimum absolute atomic E-state index is 0.352. The molecule has 110 valence electrons. The molecule has 0 aliphatic rings. The molecule has 18 heavy (non-hydrogen) atoms. The molecule has 0 saturated heterocycles. The highest BCUT2D eigenvalue weighted by Gasteiger charge is 2.05. The molecule has 1 N–H and O–H groups in total. The molecule has 0 spiro atoms. The largest absolute Gasteiger partial charge is 0.396 e. The topological polar surface area (TPSA) is 20.2 Å². The molecule has 0 amide bonds. The summed E-state index contributed by atoms with van der Waals surface area (Å²) in [6.07, 6.45) is 15.2. The number of aliphatic hydroxyl groups excluding tert-OH is 1. The highest BCUT2D eigenvalue weighted by molar-refractivity contribution is 4.58. The van der Waals surface area contributed by atoms with Crippen LogP contribution in [-0.2, 0) is 0 Å². The number of rotatable bonds is 13. The fourth-order valence-corrected chi connectivity index (χ4v) is 2.43. The molecule has 2 atom stereocenters. The molecule has 1 nitrogen and oxygen atoms in total. The van der Waals surface area contributed by atoms with E-state index in [1.807, 2.05) is 0 Å². The molecule has 0 aliphatic heterocycles. The van der Waals surface area contributed by atoms with E-state index in [-0.39, 0.29) is 0 Å². The fraction of sp³-hybridized carbons (Fsp3) is 1.00. The van der Waals surface area contributed by atoms with Gasteiger partial charge in [0.05, 0.1) is 0 Å². The lowest BCUT2D eigenvalue weighted by molar-refractivity contribution is 0.221. The second-order valence-corrected chi connectivity index (χ2v) is 6.23. The van der Waals surface area contributed by atoms with Crippen molar-refractivity contribution in [1.29, 1.82) is 0 Å². The molecule has 1 heteroatoms. The summed E-state index contributed by atoms with van der Waals surface area (Å²) in [5.74, 6) is 1.34. The summed E-state index contributed by atoms with van der Waals surface area (Å²) in [5.41, 5.74) is 0. The van der Waals surface area contributed by atoms with Crippen LogP contribution in [0.2, 0.25) is 0 Å². The van der Waals surface area contributed by atoms with Crippen LogP contribution in [0.4, 0.5) is 0 Å². The van der Waals surface area contributed by atoms with E-state index in [0.29, 0.717) is 12.5 Å². The van der Waals surface area contributed by atoms with Crippen molar-refractivity contribution < 1.29 is 5.11 Å². The Hall–Kier alpha value is -0.0400. The Morgan fingerprint density at radius 1 is 0.667 bits per heavy atom. The first kappa shape index (κ1) is 18.0. The van der Waals surface area contributed by atoms with Crippen molar-refractivity contribution in [2.45, 2.75) is 91.4 Å². The quantitative estimate of drug-likeness (QED) is 0.428. The van der Waals surface area contributed by atoms with Crippen LogP contribution < -0.4 is 0 Å². The first-order chi connectivity index (χ1) is 8.70. The molecule has 0 aromatic heterocycles. The third-order valence-electron chi connectivity index (χ3n) is 4.01. The third-order valence-corrected chi connectivity index (χ3v) is 4.01. The zero-order valence-corrected chi connectivity index (χ0v) is 13.1. The Morgan fingerprint density at radius 2 is 1.17 bits per heavy atom. The van der Waals surface area contributed by atoms with Gasteiger partial charge in [0.15, 0.2) is 0 Å². The van der Waals surface area contributed by atoms with E-state index < -0.39 is 0 Å². The van der Waals surface area contributed by atoms with Gasteiger partial charge >= 0.3 is 0 Å². The predicted octanol–water partition coefficient (Wildman–Crippen LogP) is 5.56. The van der Waals surface area contributed by atoms with E-state index in [9.17, 15) is 0 Å². The van der Waals surface area contributed by atoms with Crippen LogP contribution in [0.15, 0.2) is 0 Å². The van der Waals surface area contributed by atoms with E-state index in [4.69, 9.17) is 5.11 Å². The zero-order valence-electron chi connectivity index (χ0n) is 13.1. The summed E-state index contributed by atoms with van der Waals surface area (Å²) in [6.45, 7) is 7.14. The summed E-state index contributed by atoms with van der Waals surface area (Å²) >= 11 is 0.